The molecule has 0 aliphatic carbocycles. The summed E-state index contributed by atoms with van der Waals surface area (Å²) in [4.78, 5) is 2.23. The Bertz CT molecular complexity index is 300. The van der Waals surface area contributed by atoms with Gasteiger partial charge < -0.3 is 4.90 Å². The summed E-state index contributed by atoms with van der Waals surface area (Å²) >= 11 is 0. The molecule has 0 amide bonds. The Morgan fingerprint density at radius 2 is 1.88 bits per heavy atom. The molecule has 0 radical (unpaired) electrons. The van der Waals surface area contributed by atoms with Crippen LogP contribution >= 0.6 is 0 Å². The van der Waals surface area contributed by atoms with E-state index in [1.165, 1.54) is 18.4 Å². The van der Waals surface area contributed by atoms with Gasteiger partial charge in [0, 0.05) is 13.6 Å². The lowest BCUT2D eigenvalue weighted by Gasteiger charge is -2.13. The third-order valence-corrected chi connectivity index (χ3v) is 2.55. The van der Waals surface area contributed by atoms with Gasteiger partial charge in [-0.1, -0.05) is 50.3 Å². The Morgan fingerprint density at radius 1 is 1.19 bits per heavy atom. The fourth-order valence-corrected chi connectivity index (χ4v) is 1.61. The highest BCUT2D eigenvalue weighted by Crippen LogP contribution is 2.06. The molecule has 1 aromatic carbocycles. The maximum absolute atomic E-state index is 2.27. The van der Waals surface area contributed by atoms with Crippen molar-refractivity contribution < 1.29 is 0 Å². The third kappa shape index (κ3) is 5.59. The molecule has 0 aliphatic heterocycles. The fourth-order valence-electron chi connectivity index (χ4n) is 1.61. The molecular formula is C15H23N. The van der Waals surface area contributed by atoms with Crippen LogP contribution in [0.1, 0.15) is 32.3 Å². The van der Waals surface area contributed by atoms with E-state index in [0.29, 0.717) is 0 Å². The van der Waals surface area contributed by atoms with Crippen molar-refractivity contribution in [2.75, 3.05) is 7.05 Å². The molecule has 0 fully saturated rings. The Balaban J connectivity index is 2.28. The average molecular weight is 217 g/mol. The largest absolute Gasteiger partial charge is 0.376 e. The van der Waals surface area contributed by atoms with E-state index in [4.69, 9.17) is 0 Å². The standard InChI is InChI=1S/C15H23N/c1-14(2)9-7-8-12-16(3)13-15-10-5-4-6-11-15/h4-6,8,10-12,14H,7,9,13H2,1-3H3/b12-8+. The molecule has 1 nitrogen and oxygen atoms in total. The maximum atomic E-state index is 2.27. The van der Waals surface area contributed by atoms with Gasteiger partial charge in [-0.2, -0.15) is 0 Å². The van der Waals surface area contributed by atoms with Gasteiger partial charge in [-0.25, -0.2) is 0 Å². The van der Waals surface area contributed by atoms with Crippen molar-refractivity contribution in [3.05, 3.63) is 48.2 Å². The first-order chi connectivity index (χ1) is 7.68. The quantitative estimate of drug-likeness (QED) is 0.694. The van der Waals surface area contributed by atoms with Gasteiger partial charge in [0.05, 0.1) is 0 Å². The van der Waals surface area contributed by atoms with Crippen LogP contribution in [0.5, 0.6) is 0 Å². The van der Waals surface area contributed by atoms with Crippen LogP contribution in [0.2, 0.25) is 0 Å². The molecule has 0 aromatic heterocycles. The SMILES string of the molecule is CC(C)CC/C=C/N(C)Cc1ccccc1. The Labute approximate surface area is 99.8 Å². The Morgan fingerprint density at radius 3 is 2.50 bits per heavy atom. The van der Waals surface area contributed by atoms with Crippen LogP contribution in [0, 0.1) is 5.92 Å². The van der Waals surface area contributed by atoms with Crippen molar-refractivity contribution in [1.29, 1.82) is 0 Å². The molecule has 0 saturated heterocycles. The minimum atomic E-state index is 0.795. The molecule has 0 atom stereocenters. The molecule has 88 valence electrons. The van der Waals surface area contributed by atoms with Crippen LogP contribution < -0.4 is 0 Å². The average Bonchev–Trinajstić information content (AvgIpc) is 2.25. The third-order valence-electron chi connectivity index (χ3n) is 2.55. The van der Waals surface area contributed by atoms with Gasteiger partial charge in [0.25, 0.3) is 0 Å². The fraction of sp³-hybridized carbons (Fsp3) is 0.467. The minimum Gasteiger partial charge on any atom is -0.376 e. The molecular weight excluding hydrogens is 194 g/mol. The molecule has 0 unspecified atom stereocenters. The molecule has 0 saturated carbocycles. The van der Waals surface area contributed by atoms with E-state index in [-0.39, 0.29) is 0 Å². The van der Waals surface area contributed by atoms with Gasteiger partial charge in [0.2, 0.25) is 0 Å². The maximum Gasteiger partial charge on any atom is 0.0420 e. The highest BCUT2D eigenvalue weighted by Gasteiger charge is 1.94. The lowest BCUT2D eigenvalue weighted by Crippen LogP contribution is -2.09. The first kappa shape index (κ1) is 12.8. The van der Waals surface area contributed by atoms with E-state index in [1.54, 1.807) is 0 Å². The van der Waals surface area contributed by atoms with Crippen LogP contribution in [0.25, 0.3) is 0 Å². The molecule has 0 spiro atoms. The van der Waals surface area contributed by atoms with Gasteiger partial charge in [0.15, 0.2) is 0 Å². The summed E-state index contributed by atoms with van der Waals surface area (Å²) in [6.45, 7) is 5.52. The molecule has 0 bridgehead atoms. The van der Waals surface area contributed by atoms with Gasteiger partial charge >= 0.3 is 0 Å². The smallest absolute Gasteiger partial charge is 0.0420 e. The predicted octanol–water partition coefficient (Wildman–Crippen LogP) is 4.07. The number of hydrogen-bond donors (Lipinski definition) is 0. The van der Waals surface area contributed by atoms with E-state index in [9.17, 15) is 0 Å². The van der Waals surface area contributed by atoms with Gasteiger partial charge in [-0.05, 0) is 30.5 Å². The molecule has 0 heterocycles. The lowest BCUT2D eigenvalue weighted by molar-refractivity contribution is 0.448. The molecule has 0 N–H and O–H groups in total. The minimum absolute atomic E-state index is 0.795. The summed E-state index contributed by atoms with van der Waals surface area (Å²) in [6.07, 6.45) is 6.91. The van der Waals surface area contributed by atoms with Crippen molar-refractivity contribution in [2.24, 2.45) is 5.92 Å². The monoisotopic (exact) mass is 217 g/mol. The van der Waals surface area contributed by atoms with Gasteiger partial charge in [0.1, 0.15) is 0 Å². The number of allylic oxidation sites excluding steroid dienone is 1. The lowest BCUT2D eigenvalue weighted by atomic mass is 10.1. The van der Waals surface area contributed by atoms with Crippen LogP contribution in [0.15, 0.2) is 42.6 Å². The van der Waals surface area contributed by atoms with Gasteiger partial charge in [-0.3, -0.25) is 0 Å². The number of nitrogens with zero attached hydrogens (tertiary/aromatic N) is 1. The highest BCUT2D eigenvalue weighted by molar-refractivity contribution is 5.14. The topological polar surface area (TPSA) is 3.24 Å². The van der Waals surface area contributed by atoms with Crippen molar-refractivity contribution in [3.8, 4) is 0 Å². The molecule has 1 rings (SSSR count). The highest BCUT2D eigenvalue weighted by atomic mass is 15.1. The zero-order valence-electron chi connectivity index (χ0n) is 10.7. The van der Waals surface area contributed by atoms with Crippen LogP contribution in [0.4, 0.5) is 0 Å². The van der Waals surface area contributed by atoms with Crippen molar-refractivity contribution in [2.45, 2.75) is 33.2 Å². The van der Waals surface area contributed by atoms with Crippen molar-refractivity contribution >= 4 is 0 Å². The van der Waals surface area contributed by atoms with Crippen LogP contribution in [0.3, 0.4) is 0 Å². The summed E-state index contributed by atoms with van der Waals surface area (Å²) in [5.41, 5.74) is 1.36. The number of benzene rings is 1. The second-order valence-electron chi connectivity index (χ2n) is 4.76. The zero-order chi connectivity index (χ0) is 11.8. The summed E-state index contributed by atoms with van der Waals surface area (Å²) in [6, 6.07) is 10.6. The van der Waals surface area contributed by atoms with E-state index < -0.39 is 0 Å². The zero-order valence-corrected chi connectivity index (χ0v) is 10.7. The number of rotatable bonds is 6. The number of hydrogen-bond acceptors (Lipinski definition) is 1. The molecule has 1 heteroatoms. The summed E-state index contributed by atoms with van der Waals surface area (Å²) < 4.78 is 0. The summed E-state index contributed by atoms with van der Waals surface area (Å²) in [5.74, 6) is 0.795. The second-order valence-corrected chi connectivity index (χ2v) is 4.76. The second kappa shape index (κ2) is 7.10. The Kier molecular flexibility index (Phi) is 5.69. The van der Waals surface area contributed by atoms with E-state index in [2.05, 4.69) is 68.4 Å². The summed E-state index contributed by atoms with van der Waals surface area (Å²) in [7, 11) is 2.12. The molecule has 16 heavy (non-hydrogen) atoms. The van der Waals surface area contributed by atoms with E-state index in [0.717, 1.165) is 12.5 Å². The van der Waals surface area contributed by atoms with Crippen molar-refractivity contribution in [1.82, 2.24) is 4.90 Å². The first-order valence-electron chi connectivity index (χ1n) is 6.09. The van der Waals surface area contributed by atoms with Crippen LogP contribution in [-0.4, -0.2) is 11.9 Å². The van der Waals surface area contributed by atoms with E-state index >= 15 is 0 Å². The molecule has 1 aromatic rings. The van der Waals surface area contributed by atoms with Gasteiger partial charge in [-0.15, -0.1) is 0 Å². The molecule has 0 aliphatic rings. The predicted molar refractivity (Wildman–Crippen MR) is 71.1 cm³/mol. The van der Waals surface area contributed by atoms with E-state index in [1.807, 2.05) is 0 Å². The van der Waals surface area contributed by atoms with Crippen molar-refractivity contribution in [3.63, 3.8) is 0 Å². The Hall–Kier alpha value is -1.24. The first-order valence-corrected chi connectivity index (χ1v) is 6.09. The normalized spacial score (nSPS) is 11.2. The van der Waals surface area contributed by atoms with Crippen LogP contribution in [-0.2, 0) is 6.54 Å². The summed E-state index contributed by atoms with van der Waals surface area (Å²) in [5, 5.41) is 0.